The molecule has 1 aromatic carbocycles. The zero-order valence-electron chi connectivity index (χ0n) is 10.0. The van der Waals surface area contributed by atoms with E-state index in [4.69, 9.17) is 6.57 Å². The second kappa shape index (κ2) is 4.49. The van der Waals surface area contributed by atoms with Crippen LogP contribution in [0.2, 0.25) is 0 Å². The van der Waals surface area contributed by atoms with Crippen molar-refractivity contribution in [1.29, 1.82) is 0 Å². The normalized spacial score (nSPS) is 11.5. The van der Waals surface area contributed by atoms with Gasteiger partial charge in [-0.3, -0.25) is 0 Å². The summed E-state index contributed by atoms with van der Waals surface area (Å²) in [6.07, 6.45) is 1.11. The van der Waals surface area contributed by atoms with Crippen LogP contribution in [0.3, 0.4) is 0 Å². The minimum Gasteiger partial charge on any atom is -0.306 e. The molecule has 1 heteroatoms. The van der Waals surface area contributed by atoms with E-state index in [1.54, 1.807) is 0 Å². The molecule has 0 atom stereocenters. The predicted octanol–water partition coefficient (Wildman–Crippen LogP) is 4.04. The molecule has 0 aliphatic heterocycles. The van der Waals surface area contributed by atoms with Crippen LogP contribution in [0.25, 0.3) is 4.85 Å². The van der Waals surface area contributed by atoms with Crippen molar-refractivity contribution in [2.75, 3.05) is 0 Å². The van der Waals surface area contributed by atoms with Crippen molar-refractivity contribution in [2.45, 2.75) is 39.7 Å². The fraction of sp³-hybridized carbons (Fsp3) is 0.500. The van der Waals surface area contributed by atoms with Crippen LogP contribution < -0.4 is 0 Å². The van der Waals surface area contributed by atoms with Gasteiger partial charge in [0.05, 0.1) is 0 Å². The number of hydrogen-bond acceptors (Lipinski definition) is 0. The molecule has 15 heavy (non-hydrogen) atoms. The Morgan fingerprint density at radius 1 is 1.20 bits per heavy atom. The van der Waals surface area contributed by atoms with E-state index in [9.17, 15) is 0 Å². The number of benzene rings is 1. The first-order valence-electron chi connectivity index (χ1n) is 5.44. The summed E-state index contributed by atoms with van der Waals surface area (Å²) in [4.78, 5) is 3.63. The molecule has 0 heterocycles. The molecule has 0 amide bonds. The highest BCUT2D eigenvalue weighted by Crippen LogP contribution is 2.25. The SMILES string of the molecule is [C-]#[N+]C(C)(C)c1ccc(CC(C)C)cc1. The highest BCUT2D eigenvalue weighted by atomic mass is 14.8. The van der Waals surface area contributed by atoms with Crippen molar-refractivity contribution >= 4 is 0 Å². The average molecular weight is 201 g/mol. The summed E-state index contributed by atoms with van der Waals surface area (Å²) < 4.78 is 0. The summed E-state index contributed by atoms with van der Waals surface area (Å²) in [6.45, 7) is 15.5. The molecule has 1 rings (SSSR count). The van der Waals surface area contributed by atoms with Gasteiger partial charge in [0, 0.05) is 19.4 Å². The monoisotopic (exact) mass is 201 g/mol. The Labute approximate surface area is 93.0 Å². The number of hydrogen-bond donors (Lipinski definition) is 0. The average Bonchev–Trinajstić information content (AvgIpc) is 2.18. The lowest BCUT2D eigenvalue weighted by atomic mass is 9.93. The third-order valence-electron chi connectivity index (χ3n) is 2.58. The van der Waals surface area contributed by atoms with Crippen molar-refractivity contribution < 1.29 is 0 Å². The van der Waals surface area contributed by atoms with Gasteiger partial charge in [0.15, 0.2) is 0 Å². The van der Waals surface area contributed by atoms with Crippen molar-refractivity contribution in [3.05, 3.63) is 46.8 Å². The zero-order chi connectivity index (χ0) is 11.5. The molecule has 1 nitrogen and oxygen atoms in total. The molecule has 1 aromatic rings. The Kier molecular flexibility index (Phi) is 3.52. The fourth-order valence-electron chi connectivity index (χ4n) is 1.58. The second-order valence-corrected chi connectivity index (χ2v) is 4.97. The Hall–Kier alpha value is -1.29. The third kappa shape index (κ3) is 3.09. The molecule has 0 saturated heterocycles. The first-order valence-corrected chi connectivity index (χ1v) is 5.44. The van der Waals surface area contributed by atoms with Crippen LogP contribution in [-0.2, 0) is 12.0 Å². The molecule has 0 spiro atoms. The maximum absolute atomic E-state index is 7.13. The molecule has 0 saturated carbocycles. The highest BCUT2D eigenvalue weighted by Gasteiger charge is 2.25. The van der Waals surface area contributed by atoms with Crippen LogP contribution in [-0.4, -0.2) is 0 Å². The molecule has 0 radical (unpaired) electrons. The molecular weight excluding hydrogens is 182 g/mol. The van der Waals surface area contributed by atoms with E-state index in [0.29, 0.717) is 5.92 Å². The molecule has 0 aromatic heterocycles. The standard InChI is InChI=1S/C14H19N/c1-11(2)10-12-6-8-13(9-7-12)14(3,4)15-5/h6-9,11H,10H2,1-4H3. The van der Waals surface area contributed by atoms with Crippen molar-refractivity contribution in [2.24, 2.45) is 5.92 Å². The molecule has 0 unspecified atom stereocenters. The molecule has 0 aliphatic rings. The lowest BCUT2D eigenvalue weighted by Crippen LogP contribution is -2.10. The quantitative estimate of drug-likeness (QED) is 0.650. The molecule has 80 valence electrons. The van der Waals surface area contributed by atoms with E-state index in [2.05, 4.69) is 43.0 Å². The van der Waals surface area contributed by atoms with Gasteiger partial charge >= 0.3 is 0 Å². The number of rotatable bonds is 3. The zero-order valence-corrected chi connectivity index (χ0v) is 10.0. The van der Waals surface area contributed by atoms with Gasteiger partial charge < -0.3 is 4.85 Å². The van der Waals surface area contributed by atoms with E-state index >= 15 is 0 Å². The largest absolute Gasteiger partial charge is 0.306 e. The van der Waals surface area contributed by atoms with Gasteiger partial charge in [-0.15, -0.1) is 0 Å². The molecule has 0 aliphatic carbocycles. The van der Waals surface area contributed by atoms with E-state index in [1.165, 1.54) is 5.56 Å². The van der Waals surface area contributed by atoms with Crippen molar-refractivity contribution in [1.82, 2.24) is 0 Å². The Morgan fingerprint density at radius 2 is 1.73 bits per heavy atom. The molecule has 0 N–H and O–H groups in total. The van der Waals surface area contributed by atoms with Crippen molar-refractivity contribution in [3.8, 4) is 0 Å². The van der Waals surface area contributed by atoms with E-state index in [-0.39, 0.29) is 0 Å². The lowest BCUT2D eigenvalue weighted by molar-refractivity contribution is 0.642. The Bertz CT molecular complexity index is 352. The van der Waals surface area contributed by atoms with Crippen LogP contribution in [0.15, 0.2) is 24.3 Å². The first-order chi connectivity index (χ1) is 6.95. The third-order valence-corrected chi connectivity index (χ3v) is 2.58. The van der Waals surface area contributed by atoms with Crippen LogP contribution in [0.5, 0.6) is 0 Å². The van der Waals surface area contributed by atoms with E-state index in [0.717, 1.165) is 12.0 Å². The van der Waals surface area contributed by atoms with Gasteiger partial charge in [-0.1, -0.05) is 38.1 Å². The van der Waals surface area contributed by atoms with Crippen LogP contribution in [0.1, 0.15) is 38.8 Å². The predicted molar refractivity (Wildman–Crippen MR) is 64.6 cm³/mol. The van der Waals surface area contributed by atoms with Gasteiger partial charge in [0.25, 0.3) is 5.54 Å². The van der Waals surface area contributed by atoms with E-state index < -0.39 is 5.54 Å². The van der Waals surface area contributed by atoms with Crippen LogP contribution >= 0.6 is 0 Å². The summed E-state index contributed by atoms with van der Waals surface area (Å²) in [5.41, 5.74) is 2.07. The maximum atomic E-state index is 7.13. The summed E-state index contributed by atoms with van der Waals surface area (Å²) in [6, 6.07) is 8.44. The molecular formula is C14H19N. The topological polar surface area (TPSA) is 4.36 Å². The summed E-state index contributed by atoms with van der Waals surface area (Å²) in [5.74, 6) is 0.685. The molecule has 0 fully saturated rings. The summed E-state index contributed by atoms with van der Waals surface area (Å²) >= 11 is 0. The summed E-state index contributed by atoms with van der Waals surface area (Å²) in [7, 11) is 0. The summed E-state index contributed by atoms with van der Waals surface area (Å²) in [5, 5.41) is 0. The van der Waals surface area contributed by atoms with Gasteiger partial charge in [-0.25, -0.2) is 6.57 Å². The fourth-order valence-corrected chi connectivity index (χ4v) is 1.58. The van der Waals surface area contributed by atoms with E-state index in [1.807, 2.05) is 13.8 Å². The van der Waals surface area contributed by atoms with Gasteiger partial charge in [-0.2, -0.15) is 0 Å². The van der Waals surface area contributed by atoms with Crippen LogP contribution in [0.4, 0.5) is 0 Å². The minimum absolute atomic E-state index is 0.392. The van der Waals surface area contributed by atoms with Gasteiger partial charge in [0.1, 0.15) is 0 Å². The molecule has 0 bridgehead atoms. The lowest BCUT2D eigenvalue weighted by Gasteiger charge is -2.12. The second-order valence-electron chi connectivity index (χ2n) is 4.97. The van der Waals surface area contributed by atoms with Crippen molar-refractivity contribution in [3.63, 3.8) is 0 Å². The maximum Gasteiger partial charge on any atom is 0.252 e. The Morgan fingerprint density at radius 3 is 2.13 bits per heavy atom. The smallest absolute Gasteiger partial charge is 0.252 e. The first kappa shape index (κ1) is 11.8. The van der Waals surface area contributed by atoms with Crippen LogP contribution in [0, 0.1) is 12.5 Å². The highest BCUT2D eigenvalue weighted by molar-refractivity contribution is 5.30. The van der Waals surface area contributed by atoms with Gasteiger partial charge in [-0.05, 0) is 17.9 Å². The minimum atomic E-state index is -0.392. The Balaban J connectivity index is 2.87. The number of nitrogens with zero attached hydrogens (tertiary/aromatic N) is 1. The van der Waals surface area contributed by atoms with Gasteiger partial charge in [0.2, 0.25) is 0 Å².